The van der Waals surface area contributed by atoms with Crippen molar-refractivity contribution in [2.24, 2.45) is 0 Å². The molecular formula is C15H20N2O7S. The quantitative estimate of drug-likeness (QED) is 0.452. The van der Waals surface area contributed by atoms with Gasteiger partial charge in [0, 0.05) is 18.7 Å². The largest absolute Gasteiger partial charge is 0.444 e. The molecule has 0 N–H and O–H groups in total. The highest BCUT2D eigenvalue weighted by molar-refractivity contribution is 7.86. The highest BCUT2D eigenvalue weighted by Crippen LogP contribution is 2.23. The van der Waals surface area contributed by atoms with Gasteiger partial charge in [-0.15, -0.1) is 0 Å². The van der Waals surface area contributed by atoms with Crippen LogP contribution in [0.2, 0.25) is 0 Å². The molecule has 1 atom stereocenters. The second-order valence-corrected chi connectivity index (χ2v) is 8.21. The zero-order valence-corrected chi connectivity index (χ0v) is 15.0. The zero-order chi connectivity index (χ0) is 18.8. The standard InChI is InChI=1S/C15H20N2O7S/c1-15(2,3)23-14(18)16-9-8-12(10-16)24-25(21,22)13-6-4-11(5-7-13)17(19)20/h4-7,12H,8-10H2,1-3H3. The number of likely N-dealkylation sites (tertiary alicyclic amines) is 1. The lowest BCUT2D eigenvalue weighted by atomic mass is 10.2. The molecule has 1 saturated heterocycles. The van der Waals surface area contributed by atoms with E-state index in [0.29, 0.717) is 13.0 Å². The summed E-state index contributed by atoms with van der Waals surface area (Å²) in [6.45, 7) is 5.66. The molecule has 25 heavy (non-hydrogen) atoms. The Labute approximate surface area is 145 Å². The van der Waals surface area contributed by atoms with E-state index in [0.717, 1.165) is 24.3 Å². The number of rotatable bonds is 4. The van der Waals surface area contributed by atoms with Gasteiger partial charge in [-0.2, -0.15) is 8.42 Å². The molecule has 1 aromatic rings. The molecule has 1 aliphatic rings. The predicted molar refractivity (Wildman–Crippen MR) is 87.6 cm³/mol. The van der Waals surface area contributed by atoms with Crippen LogP contribution < -0.4 is 0 Å². The first-order valence-corrected chi connectivity index (χ1v) is 9.04. The van der Waals surface area contributed by atoms with E-state index in [1.165, 1.54) is 4.90 Å². The van der Waals surface area contributed by atoms with Crippen molar-refractivity contribution in [1.29, 1.82) is 0 Å². The van der Waals surface area contributed by atoms with Crippen LogP contribution in [0.25, 0.3) is 0 Å². The fourth-order valence-corrected chi connectivity index (χ4v) is 3.36. The molecular weight excluding hydrogens is 352 g/mol. The van der Waals surface area contributed by atoms with Crippen molar-refractivity contribution in [1.82, 2.24) is 4.90 Å². The van der Waals surface area contributed by atoms with Gasteiger partial charge in [0.1, 0.15) is 5.60 Å². The molecule has 2 rings (SSSR count). The number of ether oxygens (including phenoxy) is 1. The summed E-state index contributed by atoms with van der Waals surface area (Å²) in [5.41, 5.74) is -0.850. The molecule has 10 heteroatoms. The number of nitro groups is 1. The number of nitro benzene ring substituents is 1. The van der Waals surface area contributed by atoms with Crippen LogP contribution >= 0.6 is 0 Å². The maximum Gasteiger partial charge on any atom is 0.410 e. The van der Waals surface area contributed by atoms with Gasteiger partial charge in [0.15, 0.2) is 0 Å². The smallest absolute Gasteiger partial charge is 0.410 e. The lowest BCUT2D eigenvalue weighted by molar-refractivity contribution is -0.384. The summed E-state index contributed by atoms with van der Waals surface area (Å²) in [7, 11) is -4.07. The monoisotopic (exact) mass is 372 g/mol. The lowest BCUT2D eigenvalue weighted by Crippen LogP contribution is -2.36. The van der Waals surface area contributed by atoms with Gasteiger partial charge in [0.2, 0.25) is 0 Å². The third kappa shape index (κ3) is 5.13. The highest BCUT2D eigenvalue weighted by atomic mass is 32.2. The molecule has 0 aliphatic carbocycles. The molecule has 138 valence electrons. The number of hydrogen-bond acceptors (Lipinski definition) is 7. The molecule has 0 aromatic heterocycles. The second kappa shape index (κ2) is 6.96. The van der Waals surface area contributed by atoms with Gasteiger partial charge in [-0.25, -0.2) is 4.79 Å². The van der Waals surface area contributed by atoms with Crippen molar-refractivity contribution in [2.45, 2.75) is 43.8 Å². The number of carbonyl (C=O) groups excluding carboxylic acids is 1. The molecule has 1 unspecified atom stereocenters. The summed E-state index contributed by atoms with van der Waals surface area (Å²) in [6.07, 6.45) is -0.857. The Kier molecular flexibility index (Phi) is 5.33. The topological polar surface area (TPSA) is 116 Å². The average Bonchev–Trinajstić information content (AvgIpc) is 2.93. The second-order valence-electron chi connectivity index (χ2n) is 6.64. The minimum Gasteiger partial charge on any atom is -0.444 e. The molecule has 1 heterocycles. The summed E-state index contributed by atoms with van der Waals surface area (Å²) in [5.74, 6) is 0. The first kappa shape index (κ1) is 19.1. The zero-order valence-electron chi connectivity index (χ0n) is 14.2. The maximum atomic E-state index is 12.2. The third-order valence-electron chi connectivity index (χ3n) is 3.40. The van der Waals surface area contributed by atoms with Crippen LogP contribution in [0.5, 0.6) is 0 Å². The fourth-order valence-electron chi connectivity index (χ4n) is 2.27. The Morgan fingerprint density at radius 1 is 1.28 bits per heavy atom. The summed E-state index contributed by atoms with van der Waals surface area (Å²) < 4.78 is 34.9. The van der Waals surface area contributed by atoms with E-state index in [1.807, 2.05) is 0 Å². The predicted octanol–water partition coefficient (Wildman–Crippen LogP) is 2.31. The molecule has 1 fully saturated rings. The Balaban J connectivity index is 2.00. The van der Waals surface area contributed by atoms with Crippen LogP contribution in [0.3, 0.4) is 0 Å². The normalized spacial score (nSPS) is 18.2. The Hall–Kier alpha value is -2.20. The Morgan fingerprint density at radius 3 is 2.40 bits per heavy atom. The van der Waals surface area contributed by atoms with Crippen molar-refractivity contribution >= 4 is 21.9 Å². The van der Waals surface area contributed by atoms with E-state index in [-0.39, 0.29) is 17.1 Å². The van der Waals surface area contributed by atoms with E-state index < -0.39 is 32.8 Å². The van der Waals surface area contributed by atoms with E-state index in [1.54, 1.807) is 20.8 Å². The number of nitrogens with zero attached hydrogens (tertiary/aromatic N) is 2. The van der Waals surface area contributed by atoms with Crippen LogP contribution in [0.1, 0.15) is 27.2 Å². The highest BCUT2D eigenvalue weighted by Gasteiger charge is 2.33. The van der Waals surface area contributed by atoms with Crippen LogP contribution in [0.4, 0.5) is 10.5 Å². The molecule has 9 nitrogen and oxygen atoms in total. The number of non-ortho nitro benzene ring substituents is 1. The Bertz CT molecular complexity index is 753. The van der Waals surface area contributed by atoms with Gasteiger partial charge in [-0.3, -0.25) is 14.3 Å². The first-order chi connectivity index (χ1) is 11.5. The molecule has 0 bridgehead atoms. The van der Waals surface area contributed by atoms with Crippen LogP contribution in [0, 0.1) is 10.1 Å². The number of amides is 1. The van der Waals surface area contributed by atoms with E-state index >= 15 is 0 Å². The average molecular weight is 372 g/mol. The van der Waals surface area contributed by atoms with Crippen LogP contribution in [-0.4, -0.2) is 49.1 Å². The summed E-state index contributed by atoms with van der Waals surface area (Å²) in [5, 5.41) is 10.6. The summed E-state index contributed by atoms with van der Waals surface area (Å²) in [4.78, 5) is 23.2. The number of hydrogen-bond donors (Lipinski definition) is 0. The van der Waals surface area contributed by atoms with Crippen molar-refractivity contribution in [3.05, 3.63) is 34.4 Å². The number of carbonyl (C=O) groups is 1. The van der Waals surface area contributed by atoms with Crippen LogP contribution in [0.15, 0.2) is 29.2 Å². The Morgan fingerprint density at radius 2 is 1.88 bits per heavy atom. The summed E-state index contributed by atoms with van der Waals surface area (Å²) in [6, 6.07) is 4.43. The van der Waals surface area contributed by atoms with E-state index in [4.69, 9.17) is 8.92 Å². The third-order valence-corrected chi connectivity index (χ3v) is 4.77. The van der Waals surface area contributed by atoms with Crippen molar-refractivity contribution in [3.8, 4) is 0 Å². The van der Waals surface area contributed by atoms with Crippen molar-refractivity contribution in [3.63, 3.8) is 0 Å². The van der Waals surface area contributed by atoms with E-state index in [9.17, 15) is 23.3 Å². The van der Waals surface area contributed by atoms with Crippen molar-refractivity contribution < 1.29 is 27.1 Å². The van der Waals surface area contributed by atoms with Gasteiger partial charge in [0.25, 0.3) is 15.8 Å². The molecule has 0 spiro atoms. The SMILES string of the molecule is CC(C)(C)OC(=O)N1CCC(OS(=O)(=O)c2ccc([N+](=O)[O-])cc2)C1. The van der Waals surface area contributed by atoms with Gasteiger partial charge in [0.05, 0.1) is 22.5 Å². The molecule has 1 aliphatic heterocycles. The molecule has 0 saturated carbocycles. The van der Waals surface area contributed by atoms with Gasteiger partial charge >= 0.3 is 6.09 Å². The minimum absolute atomic E-state index is 0.0983. The molecule has 0 radical (unpaired) electrons. The van der Waals surface area contributed by atoms with Gasteiger partial charge in [-0.1, -0.05) is 0 Å². The van der Waals surface area contributed by atoms with Crippen molar-refractivity contribution in [2.75, 3.05) is 13.1 Å². The lowest BCUT2D eigenvalue weighted by Gasteiger charge is -2.24. The van der Waals surface area contributed by atoms with Gasteiger partial charge in [-0.05, 0) is 39.3 Å². The van der Waals surface area contributed by atoms with E-state index in [2.05, 4.69) is 0 Å². The minimum atomic E-state index is -4.07. The van der Waals surface area contributed by atoms with Crippen LogP contribution in [-0.2, 0) is 19.0 Å². The molecule has 1 aromatic carbocycles. The number of benzene rings is 1. The van der Waals surface area contributed by atoms with Gasteiger partial charge < -0.3 is 9.64 Å². The first-order valence-electron chi connectivity index (χ1n) is 7.63. The summed E-state index contributed by atoms with van der Waals surface area (Å²) >= 11 is 0. The maximum absolute atomic E-state index is 12.2. The molecule has 1 amide bonds. The fraction of sp³-hybridized carbons (Fsp3) is 0.533.